The van der Waals surface area contributed by atoms with Gasteiger partial charge in [-0.1, -0.05) is 12.1 Å². The minimum atomic E-state index is -4.71. The lowest BCUT2D eigenvalue weighted by Gasteiger charge is -2.35. The summed E-state index contributed by atoms with van der Waals surface area (Å²) < 4.78 is 45.3. The summed E-state index contributed by atoms with van der Waals surface area (Å²) in [7, 11) is -4.71. The zero-order valence-corrected chi connectivity index (χ0v) is 13.4. The lowest BCUT2D eigenvalue weighted by atomic mass is 10.2. The summed E-state index contributed by atoms with van der Waals surface area (Å²) >= 11 is 0. The van der Waals surface area contributed by atoms with Crippen LogP contribution < -0.4 is 9.64 Å². The number of nitrogens with zero attached hydrogens (tertiary/aromatic N) is 1. The highest BCUT2D eigenvalue weighted by molar-refractivity contribution is 7.86. The monoisotopic (exact) mass is 331 g/mol. The van der Waals surface area contributed by atoms with Crippen LogP contribution in [0.2, 0.25) is 0 Å². The third-order valence-electron chi connectivity index (χ3n) is 2.83. The van der Waals surface area contributed by atoms with Crippen LogP contribution in [0.15, 0.2) is 24.3 Å². The second-order valence-electron chi connectivity index (χ2n) is 6.00. The average molecular weight is 331 g/mol. The lowest BCUT2D eigenvalue weighted by Crippen LogP contribution is -2.47. The topological polar surface area (TPSA) is 72.9 Å². The molecule has 8 heteroatoms. The van der Waals surface area contributed by atoms with Gasteiger partial charge in [0.1, 0.15) is 23.2 Å². The lowest BCUT2D eigenvalue weighted by molar-refractivity contribution is 0.0552. The fourth-order valence-corrected chi connectivity index (χ4v) is 2.71. The van der Waals surface area contributed by atoms with Crippen LogP contribution in [0, 0.1) is 0 Å². The molecule has 0 bridgehead atoms. The molecule has 0 saturated heterocycles. The van der Waals surface area contributed by atoms with E-state index in [1.54, 1.807) is 45.0 Å². The maximum Gasteiger partial charge on any atom is 0.415 e. The van der Waals surface area contributed by atoms with Gasteiger partial charge >= 0.3 is 16.3 Å². The van der Waals surface area contributed by atoms with Crippen molar-refractivity contribution >= 4 is 22.0 Å². The number of para-hydroxylation sites is 2. The molecule has 22 heavy (non-hydrogen) atoms. The molecule has 0 fully saturated rings. The molecule has 1 amide bonds. The van der Waals surface area contributed by atoms with Gasteiger partial charge < -0.3 is 9.47 Å². The first-order valence-electron chi connectivity index (χ1n) is 6.74. The molecule has 2 rings (SSSR count). The first-order valence-corrected chi connectivity index (χ1v) is 8.29. The van der Waals surface area contributed by atoms with Gasteiger partial charge in [0.05, 0.1) is 12.2 Å². The fourth-order valence-electron chi connectivity index (χ4n) is 2.10. The highest BCUT2D eigenvalue weighted by Gasteiger charge is 2.34. The Balaban J connectivity index is 2.29. The van der Waals surface area contributed by atoms with E-state index in [0.717, 1.165) is 0 Å². The number of carbonyl (C=O) groups excluding carboxylic acids is 1. The van der Waals surface area contributed by atoms with Gasteiger partial charge in [-0.2, -0.15) is 8.42 Å². The number of rotatable bonds is 2. The van der Waals surface area contributed by atoms with Crippen molar-refractivity contribution in [3.63, 3.8) is 0 Å². The molecule has 1 aliphatic rings. The van der Waals surface area contributed by atoms with E-state index in [2.05, 4.69) is 0 Å². The van der Waals surface area contributed by atoms with E-state index < -0.39 is 33.8 Å². The van der Waals surface area contributed by atoms with Gasteiger partial charge in [0.2, 0.25) is 0 Å². The Kier molecular flexibility index (Phi) is 4.32. The van der Waals surface area contributed by atoms with Gasteiger partial charge in [0.15, 0.2) is 0 Å². The van der Waals surface area contributed by atoms with Crippen molar-refractivity contribution in [2.45, 2.75) is 32.5 Å². The Morgan fingerprint density at radius 1 is 1.41 bits per heavy atom. The molecule has 0 spiro atoms. The van der Waals surface area contributed by atoms with E-state index in [0.29, 0.717) is 11.4 Å². The fraction of sp³-hybridized carbons (Fsp3) is 0.500. The molecular weight excluding hydrogens is 313 g/mol. The molecule has 0 N–H and O–H groups in total. The summed E-state index contributed by atoms with van der Waals surface area (Å²) in [5, 5.41) is 0. The molecule has 1 aliphatic heterocycles. The van der Waals surface area contributed by atoms with E-state index >= 15 is 0 Å². The Labute approximate surface area is 129 Å². The number of carbonyl (C=O) groups is 1. The summed E-state index contributed by atoms with van der Waals surface area (Å²) in [5.41, 5.74) is -0.240. The number of hydrogen-bond acceptors (Lipinski definition) is 5. The molecule has 0 radical (unpaired) electrons. The number of benzene rings is 1. The minimum absolute atomic E-state index is 0.102. The van der Waals surface area contributed by atoms with Crippen LogP contribution in [0.4, 0.5) is 14.4 Å². The largest absolute Gasteiger partial charge is 0.485 e. The third-order valence-corrected chi connectivity index (χ3v) is 3.60. The summed E-state index contributed by atoms with van der Waals surface area (Å²) in [6.07, 6.45) is -1.62. The van der Waals surface area contributed by atoms with E-state index in [9.17, 15) is 17.1 Å². The van der Waals surface area contributed by atoms with Crippen LogP contribution in [0.1, 0.15) is 20.8 Å². The van der Waals surface area contributed by atoms with E-state index in [4.69, 9.17) is 9.47 Å². The molecule has 1 unspecified atom stereocenters. The van der Waals surface area contributed by atoms with Gasteiger partial charge in [-0.3, -0.25) is 4.90 Å². The van der Waals surface area contributed by atoms with Gasteiger partial charge in [-0.05, 0) is 32.9 Å². The first-order chi connectivity index (χ1) is 10.1. The van der Waals surface area contributed by atoms with Crippen molar-refractivity contribution in [1.82, 2.24) is 0 Å². The Bertz CT molecular complexity index is 668. The number of anilines is 1. The van der Waals surface area contributed by atoms with Crippen LogP contribution >= 0.6 is 0 Å². The molecule has 0 aliphatic carbocycles. The SMILES string of the molecule is CC(C)(C)OC(=O)N1CC(CS(=O)(=O)F)Oc2ccccc21. The summed E-state index contributed by atoms with van der Waals surface area (Å²) in [6.45, 7) is 5.07. The summed E-state index contributed by atoms with van der Waals surface area (Å²) in [4.78, 5) is 13.6. The van der Waals surface area contributed by atoms with Crippen molar-refractivity contribution in [2.24, 2.45) is 0 Å². The molecule has 0 aromatic heterocycles. The zero-order chi connectivity index (χ0) is 16.5. The quantitative estimate of drug-likeness (QED) is 0.779. The Morgan fingerprint density at radius 2 is 2.05 bits per heavy atom. The zero-order valence-electron chi connectivity index (χ0n) is 12.6. The van der Waals surface area contributed by atoms with E-state index in [1.165, 1.54) is 4.90 Å². The summed E-state index contributed by atoms with van der Waals surface area (Å²) in [5.74, 6) is -0.506. The predicted molar refractivity (Wildman–Crippen MR) is 79.3 cm³/mol. The van der Waals surface area contributed by atoms with Crippen molar-refractivity contribution < 1.29 is 26.6 Å². The number of halogens is 1. The Morgan fingerprint density at radius 3 is 2.64 bits per heavy atom. The predicted octanol–water partition coefficient (Wildman–Crippen LogP) is 2.49. The van der Waals surface area contributed by atoms with Crippen molar-refractivity contribution in [1.29, 1.82) is 0 Å². The molecule has 1 heterocycles. The molecule has 0 saturated carbocycles. The average Bonchev–Trinajstić information content (AvgIpc) is 2.33. The maximum atomic E-state index is 12.9. The van der Waals surface area contributed by atoms with Gasteiger partial charge in [0.25, 0.3) is 0 Å². The van der Waals surface area contributed by atoms with Crippen LogP contribution in [-0.4, -0.2) is 38.5 Å². The number of ether oxygens (including phenoxy) is 2. The van der Waals surface area contributed by atoms with Crippen molar-refractivity contribution in [3.05, 3.63) is 24.3 Å². The minimum Gasteiger partial charge on any atom is -0.485 e. The molecule has 1 aromatic rings. The Hall–Kier alpha value is -1.83. The van der Waals surface area contributed by atoms with Gasteiger partial charge in [-0.15, -0.1) is 3.89 Å². The number of amides is 1. The third kappa shape index (κ3) is 4.33. The van der Waals surface area contributed by atoms with Crippen LogP contribution in [-0.2, 0) is 15.0 Å². The smallest absolute Gasteiger partial charge is 0.415 e. The maximum absolute atomic E-state index is 12.9. The van der Waals surface area contributed by atoms with Crippen LogP contribution in [0.5, 0.6) is 5.75 Å². The van der Waals surface area contributed by atoms with E-state index in [1.807, 2.05) is 0 Å². The molecular formula is C14H18FNO5S. The number of hydrogen-bond donors (Lipinski definition) is 0. The molecule has 122 valence electrons. The molecule has 6 nitrogen and oxygen atoms in total. The van der Waals surface area contributed by atoms with Crippen LogP contribution in [0.25, 0.3) is 0 Å². The highest BCUT2D eigenvalue weighted by atomic mass is 32.3. The first kappa shape index (κ1) is 16.5. The normalized spacial score (nSPS) is 18.4. The highest BCUT2D eigenvalue weighted by Crippen LogP contribution is 2.34. The standard InChI is InChI=1S/C14H18FNO5S/c1-14(2,3)21-13(17)16-8-10(9-22(15,18)19)20-12-7-5-4-6-11(12)16/h4-7,10H,8-9H2,1-3H3. The van der Waals surface area contributed by atoms with Gasteiger partial charge in [0, 0.05) is 0 Å². The number of fused-ring (bicyclic) bond motifs is 1. The second-order valence-corrected chi connectivity index (χ2v) is 7.42. The van der Waals surface area contributed by atoms with Crippen LogP contribution in [0.3, 0.4) is 0 Å². The molecule has 1 atom stereocenters. The van der Waals surface area contributed by atoms with E-state index in [-0.39, 0.29) is 6.54 Å². The van der Waals surface area contributed by atoms with Crippen molar-refractivity contribution in [3.8, 4) is 5.75 Å². The second kappa shape index (κ2) is 5.75. The molecule has 1 aromatic carbocycles. The van der Waals surface area contributed by atoms with Gasteiger partial charge in [-0.25, -0.2) is 4.79 Å². The summed E-state index contributed by atoms with van der Waals surface area (Å²) in [6, 6.07) is 6.63. The van der Waals surface area contributed by atoms with Crippen molar-refractivity contribution in [2.75, 3.05) is 17.2 Å².